The molecule has 0 spiro atoms. The van der Waals surface area contributed by atoms with Gasteiger partial charge in [-0.05, 0) is 50.9 Å². The molecule has 0 aromatic carbocycles. The van der Waals surface area contributed by atoms with Crippen LogP contribution in [0, 0.1) is 11.8 Å². The summed E-state index contributed by atoms with van der Waals surface area (Å²) in [5.74, 6) is 1.88. The van der Waals surface area contributed by atoms with E-state index in [9.17, 15) is 0 Å². The van der Waals surface area contributed by atoms with Crippen LogP contribution in [0.3, 0.4) is 0 Å². The lowest BCUT2D eigenvalue weighted by Crippen LogP contribution is -2.35. The Morgan fingerprint density at radius 1 is 1.46 bits per heavy atom. The van der Waals surface area contributed by atoms with E-state index in [2.05, 4.69) is 14.8 Å². The monoisotopic (exact) mass is 180 g/mol. The van der Waals surface area contributed by atoms with Crippen LogP contribution < -0.4 is 0 Å². The third-order valence-electron chi connectivity index (χ3n) is 4.03. The van der Waals surface area contributed by atoms with Gasteiger partial charge < -0.3 is 4.74 Å². The molecule has 0 heterocycles. The molecular weight excluding hydrogens is 159 g/mol. The van der Waals surface area contributed by atoms with Gasteiger partial charge in [0, 0.05) is 6.61 Å². The Labute approximate surface area is 82.6 Å². The minimum absolute atomic E-state index is 0.262. The number of fused-ring (bicyclic) bond motifs is 2. The standard InChI is InChI=1S/C11H21BO/c1-11(13-6-2-5-12)8-9-3-4-10(11)7-9/h9-10H,2-8,12H2,1H3. The van der Waals surface area contributed by atoms with E-state index >= 15 is 0 Å². The number of ether oxygens (including phenoxy) is 1. The molecule has 0 radical (unpaired) electrons. The summed E-state index contributed by atoms with van der Waals surface area (Å²) in [5.41, 5.74) is 0.262. The fraction of sp³-hybridized carbons (Fsp3) is 1.00. The lowest BCUT2D eigenvalue weighted by molar-refractivity contribution is -0.0689. The zero-order valence-corrected chi connectivity index (χ0v) is 9.01. The van der Waals surface area contributed by atoms with Gasteiger partial charge in [-0.25, -0.2) is 0 Å². The minimum Gasteiger partial charge on any atom is -0.375 e. The van der Waals surface area contributed by atoms with E-state index in [1.165, 1.54) is 38.4 Å². The fourth-order valence-corrected chi connectivity index (χ4v) is 3.18. The predicted molar refractivity (Wildman–Crippen MR) is 57.8 cm³/mol. The first-order valence-electron chi connectivity index (χ1n) is 5.88. The van der Waals surface area contributed by atoms with Gasteiger partial charge in [0.05, 0.1) is 5.60 Å². The van der Waals surface area contributed by atoms with Crippen molar-refractivity contribution in [3.63, 3.8) is 0 Å². The lowest BCUT2D eigenvalue weighted by atomic mass is 9.85. The normalized spacial score (nSPS) is 42.8. The molecule has 2 rings (SSSR count). The first-order valence-corrected chi connectivity index (χ1v) is 5.88. The summed E-state index contributed by atoms with van der Waals surface area (Å²) >= 11 is 0. The fourth-order valence-electron chi connectivity index (χ4n) is 3.18. The molecule has 74 valence electrons. The highest BCUT2D eigenvalue weighted by Gasteiger charge is 2.48. The second kappa shape index (κ2) is 3.64. The Hall–Kier alpha value is 0.0249. The first kappa shape index (κ1) is 9.58. The second-order valence-corrected chi connectivity index (χ2v) is 5.09. The summed E-state index contributed by atoms with van der Waals surface area (Å²) in [6, 6.07) is 0. The van der Waals surface area contributed by atoms with Crippen LogP contribution >= 0.6 is 0 Å². The van der Waals surface area contributed by atoms with Gasteiger partial charge in [0.15, 0.2) is 0 Å². The largest absolute Gasteiger partial charge is 0.375 e. The average Bonchev–Trinajstić information content (AvgIpc) is 2.64. The van der Waals surface area contributed by atoms with Crippen LogP contribution in [0.4, 0.5) is 0 Å². The molecule has 13 heavy (non-hydrogen) atoms. The lowest BCUT2D eigenvalue weighted by Gasteiger charge is -2.34. The van der Waals surface area contributed by atoms with Crippen molar-refractivity contribution in [2.45, 2.75) is 50.9 Å². The van der Waals surface area contributed by atoms with Crippen LogP contribution in [0.2, 0.25) is 6.32 Å². The summed E-state index contributed by atoms with van der Waals surface area (Å²) in [5, 5.41) is 0. The summed E-state index contributed by atoms with van der Waals surface area (Å²) in [4.78, 5) is 0. The summed E-state index contributed by atoms with van der Waals surface area (Å²) < 4.78 is 6.06. The van der Waals surface area contributed by atoms with Gasteiger partial charge >= 0.3 is 0 Å². The molecule has 2 heteroatoms. The van der Waals surface area contributed by atoms with E-state index in [0.717, 1.165) is 18.4 Å². The highest BCUT2D eigenvalue weighted by atomic mass is 16.5. The molecule has 0 aliphatic heterocycles. The Bertz CT molecular complexity index is 183. The van der Waals surface area contributed by atoms with Crippen molar-refractivity contribution < 1.29 is 4.74 Å². The third-order valence-corrected chi connectivity index (χ3v) is 4.03. The highest BCUT2D eigenvalue weighted by Crippen LogP contribution is 2.52. The van der Waals surface area contributed by atoms with Crippen molar-refractivity contribution in [2.24, 2.45) is 11.8 Å². The van der Waals surface area contributed by atoms with Crippen molar-refractivity contribution >= 4 is 7.85 Å². The molecule has 2 aliphatic carbocycles. The van der Waals surface area contributed by atoms with Crippen LogP contribution in [0.5, 0.6) is 0 Å². The zero-order valence-electron chi connectivity index (χ0n) is 9.01. The average molecular weight is 180 g/mol. The van der Waals surface area contributed by atoms with E-state index < -0.39 is 0 Å². The van der Waals surface area contributed by atoms with E-state index in [0.29, 0.717) is 0 Å². The molecule has 2 bridgehead atoms. The smallest absolute Gasteiger partial charge is 0.101 e. The number of hydrogen-bond donors (Lipinski definition) is 0. The van der Waals surface area contributed by atoms with Crippen molar-refractivity contribution in [2.75, 3.05) is 6.61 Å². The van der Waals surface area contributed by atoms with Gasteiger partial charge in [-0.2, -0.15) is 0 Å². The van der Waals surface area contributed by atoms with E-state index in [-0.39, 0.29) is 5.60 Å². The third kappa shape index (κ3) is 1.78. The summed E-state index contributed by atoms with van der Waals surface area (Å²) in [6.07, 6.45) is 8.16. The van der Waals surface area contributed by atoms with Crippen molar-refractivity contribution in [3.05, 3.63) is 0 Å². The quantitative estimate of drug-likeness (QED) is 0.475. The molecule has 3 atom stereocenters. The van der Waals surface area contributed by atoms with Gasteiger partial charge in [0.1, 0.15) is 7.85 Å². The van der Waals surface area contributed by atoms with Crippen LogP contribution in [0.25, 0.3) is 0 Å². The molecular formula is C11H21BO. The van der Waals surface area contributed by atoms with Crippen LogP contribution in [-0.4, -0.2) is 20.1 Å². The highest BCUT2D eigenvalue weighted by molar-refractivity contribution is 6.08. The molecule has 2 saturated carbocycles. The van der Waals surface area contributed by atoms with E-state index in [4.69, 9.17) is 4.74 Å². The van der Waals surface area contributed by atoms with Gasteiger partial charge in [-0.3, -0.25) is 0 Å². The Kier molecular flexibility index (Phi) is 2.68. The van der Waals surface area contributed by atoms with Crippen LogP contribution in [-0.2, 0) is 4.74 Å². The SMILES string of the molecule is BCCCOC1(C)CC2CCC1C2. The number of hydrogen-bond acceptors (Lipinski definition) is 1. The molecule has 1 nitrogen and oxygen atoms in total. The van der Waals surface area contributed by atoms with Gasteiger partial charge in [0.25, 0.3) is 0 Å². The topological polar surface area (TPSA) is 9.23 Å². The Morgan fingerprint density at radius 3 is 2.85 bits per heavy atom. The van der Waals surface area contributed by atoms with Gasteiger partial charge in [-0.1, -0.05) is 6.32 Å². The maximum atomic E-state index is 6.06. The first-order chi connectivity index (χ1) is 6.24. The Balaban J connectivity index is 1.83. The molecule has 0 amide bonds. The maximum Gasteiger partial charge on any atom is 0.101 e. The predicted octanol–water partition coefficient (Wildman–Crippen LogP) is 2.02. The zero-order chi connectivity index (χ0) is 9.31. The van der Waals surface area contributed by atoms with Gasteiger partial charge in [0.2, 0.25) is 0 Å². The van der Waals surface area contributed by atoms with Crippen LogP contribution in [0.1, 0.15) is 39.0 Å². The molecule has 0 aromatic rings. The van der Waals surface area contributed by atoms with Crippen molar-refractivity contribution in [1.82, 2.24) is 0 Å². The molecule has 0 saturated heterocycles. The maximum absolute atomic E-state index is 6.06. The summed E-state index contributed by atoms with van der Waals surface area (Å²) in [7, 11) is 2.23. The molecule has 0 N–H and O–H groups in total. The van der Waals surface area contributed by atoms with Gasteiger partial charge in [-0.15, -0.1) is 0 Å². The molecule has 2 fully saturated rings. The molecule has 0 aromatic heterocycles. The molecule has 3 unspecified atom stereocenters. The summed E-state index contributed by atoms with van der Waals surface area (Å²) in [6.45, 7) is 3.32. The van der Waals surface area contributed by atoms with E-state index in [1.807, 2.05) is 0 Å². The molecule has 2 aliphatic rings. The second-order valence-electron chi connectivity index (χ2n) is 5.09. The number of rotatable bonds is 4. The van der Waals surface area contributed by atoms with Crippen LogP contribution in [0.15, 0.2) is 0 Å². The Morgan fingerprint density at radius 2 is 2.31 bits per heavy atom. The van der Waals surface area contributed by atoms with Crippen molar-refractivity contribution in [3.8, 4) is 0 Å². The van der Waals surface area contributed by atoms with E-state index in [1.54, 1.807) is 0 Å². The van der Waals surface area contributed by atoms with Crippen molar-refractivity contribution in [1.29, 1.82) is 0 Å². The minimum atomic E-state index is 0.262.